The molecular formula is C29H32N6. The Kier molecular flexibility index (Phi) is 7.02. The van der Waals surface area contributed by atoms with Crippen molar-refractivity contribution < 1.29 is 0 Å². The summed E-state index contributed by atoms with van der Waals surface area (Å²) >= 11 is 0. The Morgan fingerprint density at radius 2 is 1.60 bits per heavy atom. The van der Waals surface area contributed by atoms with Crippen molar-refractivity contribution in [2.24, 2.45) is 0 Å². The second-order valence-electron chi connectivity index (χ2n) is 9.23. The molecule has 1 aliphatic heterocycles. The van der Waals surface area contributed by atoms with Gasteiger partial charge in [-0.15, -0.1) is 0 Å². The van der Waals surface area contributed by atoms with Crippen LogP contribution in [0.3, 0.4) is 0 Å². The fourth-order valence-corrected chi connectivity index (χ4v) is 4.31. The molecule has 178 valence electrons. The number of nitrogens with zero attached hydrogens (tertiary/aromatic N) is 4. The van der Waals surface area contributed by atoms with Gasteiger partial charge in [-0.25, -0.2) is 4.98 Å². The van der Waals surface area contributed by atoms with Crippen LogP contribution in [0, 0.1) is 6.92 Å². The fourth-order valence-electron chi connectivity index (χ4n) is 4.31. The van der Waals surface area contributed by atoms with E-state index in [0.29, 0.717) is 0 Å². The molecule has 2 N–H and O–H groups in total. The van der Waals surface area contributed by atoms with E-state index in [1.54, 1.807) is 6.20 Å². The number of aryl methyl sites for hydroxylation is 1. The van der Waals surface area contributed by atoms with Crippen molar-refractivity contribution in [3.63, 3.8) is 0 Å². The number of likely N-dealkylation sites (N-methyl/N-ethyl adjacent to an activating group) is 1. The van der Waals surface area contributed by atoms with Crippen LogP contribution in [0.2, 0.25) is 0 Å². The number of benzene rings is 2. The fraction of sp³-hybridized carbons (Fsp3) is 0.241. The van der Waals surface area contributed by atoms with Crippen LogP contribution in [0.5, 0.6) is 0 Å². The van der Waals surface area contributed by atoms with E-state index in [-0.39, 0.29) is 0 Å². The molecule has 0 radical (unpaired) electrons. The van der Waals surface area contributed by atoms with E-state index in [2.05, 4.69) is 99.0 Å². The lowest BCUT2D eigenvalue weighted by atomic mass is 10.1. The molecule has 2 aromatic heterocycles. The minimum atomic E-state index is 0.805. The highest BCUT2D eigenvalue weighted by atomic mass is 15.2. The summed E-state index contributed by atoms with van der Waals surface area (Å²) in [5.41, 5.74) is 7.81. The first kappa shape index (κ1) is 23.0. The van der Waals surface area contributed by atoms with E-state index in [4.69, 9.17) is 0 Å². The Labute approximate surface area is 207 Å². The van der Waals surface area contributed by atoms with Gasteiger partial charge in [0.2, 0.25) is 0 Å². The minimum Gasteiger partial charge on any atom is -0.355 e. The molecule has 0 bridgehead atoms. The predicted molar refractivity (Wildman–Crippen MR) is 144 cm³/mol. The zero-order valence-corrected chi connectivity index (χ0v) is 20.4. The minimum absolute atomic E-state index is 0.805. The van der Waals surface area contributed by atoms with Crippen LogP contribution in [0.4, 0.5) is 22.9 Å². The molecule has 1 saturated heterocycles. The van der Waals surface area contributed by atoms with Crippen LogP contribution in [-0.2, 0) is 6.54 Å². The highest BCUT2D eigenvalue weighted by molar-refractivity contribution is 5.72. The van der Waals surface area contributed by atoms with Crippen molar-refractivity contribution >= 4 is 22.9 Å². The van der Waals surface area contributed by atoms with Gasteiger partial charge in [-0.3, -0.25) is 9.88 Å². The molecule has 5 rings (SSSR count). The van der Waals surface area contributed by atoms with Gasteiger partial charge in [-0.05, 0) is 73.1 Å². The number of aromatic nitrogens is 2. The lowest BCUT2D eigenvalue weighted by Gasteiger charge is -2.32. The molecule has 1 fully saturated rings. The molecule has 0 spiro atoms. The summed E-state index contributed by atoms with van der Waals surface area (Å²) in [7, 11) is 2.19. The molecule has 0 aliphatic carbocycles. The van der Waals surface area contributed by atoms with Gasteiger partial charge in [0.1, 0.15) is 5.82 Å². The second-order valence-corrected chi connectivity index (χ2v) is 9.23. The third kappa shape index (κ3) is 6.04. The van der Waals surface area contributed by atoms with Gasteiger partial charge < -0.3 is 15.5 Å². The first-order valence-corrected chi connectivity index (χ1v) is 12.1. The van der Waals surface area contributed by atoms with Crippen LogP contribution in [-0.4, -0.2) is 53.0 Å². The van der Waals surface area contributed by atoms with Crippen LogP contribution in [0.15, 0.2) is 85.3 Å². The van der Waals surface area contributed by atoms with Crippen molar-refractivity contribution in [3.8, 4) is 11.1 Å². The Balaban J connectivity index is 1.25. The van der Waals surface area contributed by atoms with Gasteiger partial charge in [-0.1, -0.05) is 24.3 Å². The number of piperazine rings is 1. The molecule has 0 saturated carbocycles. The van der Waals surface area contributed by atoms with E-state index in [9.17, 15) is 0 Å². The van der Waals surface area contributed by atoms with Gasteiger partial charge in [0, 0.05) is 73.9 Å². The maximum absolute atomic E-state index is 4.52. The van der Waals surface area contributed by atoms with E-state index in [0.717, 1.165) is 72.3 Å². The maximum atomic E-state index is 4.52. The quantitative estimate of drug-likeness (QED) is 0.367. The monoisotopic (exact) mass is 464 g/mol. The molecule has 6 heteroatoms. The van der Waals surface area contributed by atoms with Gasteiger partial charge >= 0.3 is 0 Å². The number of hydrogen-bond acceptors (Lipinski definition) is 6. The van der Waals surface area contributed by atoms with Crippen LogP contribution in [0.1, 0.15) is 11.1 Å². The molecular weight excluding hydrogens is 432 g/mol. The smallest absolute Gasteiger partial charge is 0.130 e. The Morgan fingerprint density at radius 1 is 0.800 bits per heavy atom. The predicted octanol–water partition coefficient (Wildman–Crippen LogP) is 5.69. The number of pyridine rings is 2. The lowest BCUT2D eigenvalue weighted by molar-refractivity contribution is 0.148. The molecule has 1 aliphatic rings. The van der Waals surface area contributed by atoms with Crippen molar-refractivity contribution in [1.82, 2.24) is 19.8 Å². The van der Waals surface area contributed by atoms with Crippen LogP contribution >= 0.6 is 0 Å². The number of hydrogen-bond donors (Lipinski definition) is 2. The summed E-state index contributed by atoms with van der Waals surface area (Å²) in [6.45, 7) is 7.67. The maximum Gasteiger partial charge on any atom is 0.130 e. The third-order valence-electron chi connectivity index (χ3n) is 6.50. The summed E-state index contributed by atoms with van der Waals surface area (Å²) < 4.78 is 0. The van der Waals surface area contributed by atoms with Gasteiger partial charge in [0.05, 0.1) is 0 Å². The van der Waals surface area contributed by atoms with E-state index >= 15 is 0 Å². The highest BCUT2D eigenvalue weighted by Crippen LogP contribution is 2.28. The van der Waals surface area contributed by atoms with Gasteiger partial charge in [0.15, 0.2) is 0 Å². The van der Waals surface area contributed by atoms with Crippen LogP contribution in [0.25, 0.3) is 11.1 Å². The second kappa shape index (κ2) is 10.7. The number of nitrogens with one attached hydrogen (secondary N) is 2. The molecule has 2 aromatic carbocycles. The van der Waals surface area contributed by atoms with Gasteiger partial charge in [-0.2, -0.15) is 0 Å². The molecule has 0 unspecified atom stereocenters. The number of rotatable bonds is 7. The summed E-state index contributed by atoms with van der Waals surface area (Å²) in [6, 6.07) is 23.2. The Morgan fingerprint density at radius 3 is 2.37 bits per heavy atom. The topological polar surface area (TPSA) is 56.3 Å². The van der Waals surface area contributed by atoms with E-state index < -0.39 is 0 Å². The third-order valence-corrected chi connectivity index (χ3v) is 6.50. The van der Waals surface area contributed by atoms with Crippen molar-refractivity contribution in [2.45, 2.75) is 13.5 Å². The molecule has 0 amide bonds. The van der Waals surface area contributed by atoms with Crippen molar-refractivity contribution in [2.75, 3.05) is 43.9 Å². The average Bonchev–Trinajstić information content (AvgIpc) is 2.89. The Bertz CT molecular complexity index is 1250. The summed E-state index contributed by atoms with van der Waals surface area (Å²) in [4.78, 5) is 13.7. The molecule has 6 nitrogen and oxygen atoms in total. The average molecular weight is 465 g/mol. The first-order valence-electron chi connectivity index (χ1n) is 12.1. The lowest BCUT2D eigenvalue weighted by Crippen LogP contribution is -2.43. The van der Waals surface area contributed by atoms with E-state index in [1.807, 2.05) is 24.5 Å². The summed E-state index contributed by atoms with van der Waals surface area (Å²) in [5.74, 6) is 0.805. The highest BCUT2D eigenvalue weighted by Gasteiger charge is 2.13. The van der Waals surface area contributed by atoms with Crippen molar-refractivity contribution in [3.05, 3.63) is 96.4 Å². The standard InChI is InChI=1S/C29H32N6/c1-22-5-8-27(32-26-9-6-23(7-10-26)21-35-16-14-34(2)15-17-35)19-28(22)33-29-18-24(11-13-31-29)25-4-3-12-30-20-25/h3-13,18-20,32H,14-17,21H2,1-2H3,(H,31,33). The normalized spacial score (nSPS) is 14.6. The zero-order chi connectivity index (χ0) is 24.0. The molecule has 35 heavy (non-hydrogen) atoms. The summed E-state index contributed by atoms with van der Waals surface area (Å²) in [5, 5.41) is 7.03. The first-order chi connectivity index (χ1) is 17.1. The van der Waals surface area contributed by atoms with Crippen LogP contribution < -0.4 is 10.6 Å². The molecule has 4 aromatic rings. The molecule has 3 heterocycles. The van der Waals surface area contributed by atoms with Gasteiger partial charge in [0.25, 0.3) is 0 Å². The SMILES string of the molecule is Cc1ccc(Nc2ccc(CN3CCN(C)CC3)cc2)cc1Nc1cc(-c2cccnc2)ccn1. The zero-order valence-electron chi connectivity index (χ0n) is 20.4. The Hall–Kier alpha value is -3.74. The summed E-state index contributed by atoms with van der Waals surface area (Å²) in [6.07, 6.45) is 5.48. The number of anilines is 4. The van der Waals surface area contributed by atoms with E-state index in [1.165, 1.54) is 5.56 Å². The molecule has 0 atom stereocenters. The van der Waals surface area contributed by atoms with Crippen molar-refractivity contribution in [1.29, 1.82) is 0 Å². The largest absolute Gasteiger partial charge is 0.355 e.